The lowest BCUT2D eigenvalue weighted by Gasteiger charge is -2.18. The Morgan fingerprint density at radius 2 is 1.76 bits per heavy atom. The number of amides is 1. The van der Waals surface area contributed by atoms with E-state index in [-0.39, 0.29) is 12.3 Å². The van der Waals surface area contributed by atoms with Gasteiger partial charge in [-0.1, -0.05) is 6.07 Å². The minimum Gasteiger partial charge on any atom is -0.493 e. The van der Waals surface area contributed by atoms with Crippen LogP contribution in [0.4, 0.5) is 0 Å². The van der Waals surface area contributed by atoms with E-state index in [9.17, 15) is 4.79 Å². The van der Waals surface area contributed by atoms with E-state index in [0.29, 0.717) is 23.8 Å². The summed E-state index contributed by atoms with van der Waals surface area (Å²) in [5.41, 5.74) is 1.78. The van der Waals surface area contributed by atoms with Crippen LogP contribution in [0.1, 0.15) is 11.3 Å². The second-order valence-corrected chi connectivity index (χ2v) is 5.60. The van der Waals surface area contributed by atoms with Gasteiger partial charge in [0, 0.05) is 31.9 Å². The van der Waals surface area contributed by atoms with Gasteiger partial charge in [-0.25, -0.2) is 0 Å². The van der Waals surface area contributed by atoms with Crippen molar-refractivity contribution in [3.8, 4) is 17.2 Å². The van der Waals surface area contributed by atoms with Crippen LogP contribution in [-0.4, -0.2) is 50.7 Å². The Balaban J connectivity index is 2.04. The van der Waals surface area contributed by atoms with Crippen LogP contribution in [-0.2, 0) is 17.6 Å². The molecule has 0 bridgehead atoms. The van der Waals surface area contributed by atoms with Crippen LogP contribution >= 0.6 is 0 Å². The van der Waals surface area contributed by atoms with E-state index in [1.54, 1.807) is 51.6 Å². The lowest BCUT2D eigenvalue weighted by atomic mass is 10.1. The molecule has 0 aliphatic carbocycles. The molecule has 2 aromatic rings. The molecule has 0 fully saturated rings. The molecule has 0 spiro atoms. The van der Waals surface area contributed by atoms with Crippen LogP contribution in [0.15, 0.2) is 36.5 Å². The molecule has 0 atom stereocenters. The number of hydrogen-bond donors (Lipinski definition) is 0. The van der Waals surface area contributed by atoms with E-state index in [1.165, 1.54) is 0 Å². The Kier molecular flexibility index (Phi) is 6.62. The molecule has 0 saturated carbocycles. The first-order chi connectivity index (χ1) is 12.1. The number of rotatable bonds is 8. The highest BCUT2D eigenvalue weighted by Crippen LogP contribution is 2.38. The highest BCUT2D eigenvalue weighted by atomic mass is 16.5. The number of hydrogen-bond acceptors (Lipinski definition) is 5. The minimum absolute atomic E-state index is 0.0187. The summed E-state index contributed by atoms with van der Waals surface area (Å²) >= 11 is 0. The van der Waals surface area contributed by atoms with Crippen molar-refractivity contribution in [3.05, 3.63) is 47.8 Å². The summed E-state index contributed by atoms with van der Waals surface area (Å²) in [6.07, 6.45) is 2.74. The Labute approximate surface area is 148 Å². The maximum Gasteiger partial charge on any atom is 0.226 e. The van der Waals surface area contributed by atoms with Gasteiger partial charge >= 0.3 is 0 Å². The predicted octanol–water partition coefficient (Wildman–Crippen LogP) is 2.35. The Hall–Kier alpha value is -2.76. The summed E-state index contributed by atoms with van der Waals surface area (Å²) in [5.74, 6) is 1.62. The van der Waals surface area contributed by atoms with Gasteiger partial charge in [-0.2, -0.15) is 0 Å². The molecular formula is C19H24N2O4. The molecule has 0 unspecified atom stereocenters. The topological polar surface area (TPSA) is 60.9 Å². The van der Waals surface area contributed by atoms with Crippen molar-refractivity contribution in [2.75, 3.05) is 34.9 Å². The molecule has 0 saturated heterocycles. The van der Waals surface area contributed by atoms with Gasteiger partial charge in [0.15, 0.2) is 11.5 Å². The van der Waals surface area contributed by atoms with Gasteiger partial charge in [-0.15, -0.1) is 0 Å². The fourth-order valence-corrected chi connectivity index (χ4v) is 2.50. The lowest BCUT2D eigenvalue weighted by Crippen LogP contribution is -2.30. The third-order valence-corrected chi connectivity index (χ3v) is 3.94. The van der Waals surface area contributed by atoms with E-state index in [0.717, 1.165) is 17.7 Å². The zero-order valence-corrected chi connectivity index (χ0v) is 15.1. The van der Waals surface area contributed by atoms with E-state index in [1.807, 2.05) is 18.2 Å². The first kappa shape index (κ1) is 18.6. The van der Waals surface area contributed by atoms with Crippen LogP contribution in [0.2, 0.25) is 0 Å². The first-order valence-electron chi connectivity index (χ1n) is 8.01. The van der Waals surface area contributed by atoms with Crippen LogP contribution in [0, 0.1) is 0 Å². The highest BCUT2D eigenvalue weighted by Gasteiger charge is 2.16. The lowest BCUT2D eigenvalue weighted by molar-refractivity contribution is -0.129. The summed E-state index contributed by atoms with van der Waals surface area (Å²) in [5, 5.41) is 0. The molecule has 1 heterocycles. The zero-order chi connectivity index (χ0) is 18.2. The molecule has 0 N–H and O–H groups in total. The number of benzene rings is 1. The predicted molar refractivity (Wildman–Crippen MR) is 95.4 cm³/mol. The molecule has 1 aromatic heterocycles. The van der Waals surface area contributed by atoms with Gasteiger partial charge in [-0.05, 0) is 29.8 Å². The van der Waals surface area contributed by atoms with Gasteiger partial charge in [0.2, 0.25) is 11.7 Å². The number of methoxy groups -OCH3 is 3. The monoisotopic (exact) mass is 344 g/mol. The molecule has 1 amide bonds. The van der Waals surface area contributed by atoms with E-state index < -0.39 is 0 Å². The maximum atomic E-state index is 12.5. The number of aromatic nitrogens is 1. The van der Waals surface area contributed by atoms with Crippen molar-refractivity contribution in [1.29, 1.82) is 0 Å². The van der Waals surface area contributed by atoms with E-state index in [4.69, 9.17) is 14.2 Å². The van der Waals surface area contributed by atoms with Crippen LogP contribution in [0.25, 0.3) is 0 Å². The fourth-order valence-electron chi connectivity index (χ4n) is 2.50. The van der Waals surface area contributed by atoms with Gasteiger partial charge < -0.3 is 19.1 Å². The Morgan fingerprint density at radius 3 is 2.28 bits per heavy atom. The number of ether oxygens (including phenoxy) is 3. The highest BCUT2D eigenvalue weighted by molar-refractivity contribution is 5.79. The molecular weight excluding hydrogens is 320 g/mol. The SMILES string of the molecule is COc1cc(CC(=O)N(C)CCc2ccccn2)cc(OC)c1OC. The van der Waals surface area contributed by atoms with Crippen molar-refractivity contribution in [1.82, 2.24) is 9.88 Å². The number of pyridine rings is 1. The van der Waals surface area contributed by atoms with Gasteiger partial charge in [0.1, 0.15) is 0 Å². The molecule has 0 radical (unpaired) electrons. The second-order valence-electron chi connectivity index (χ2n) is 5.60. The number of nitrogens with zero attached hydrogens (tertiary/aromatic N) is 2. The number of likely N-dealkylation sites (N-methyl/N-ethyl adjacent to an activating group) is 1. The van der Waals surface area contributed by atoms with Crippen molar-refractivity contribution < 1.29 is 19.0 Å². The zero-order valence-electron chi connectivity index (χ0n) is 15.1. The van der Waals surface area contributed by atoms with Gasteiger partial charge in [0.25, 0.3) is 0 Å². The average molecular weight is 344 g/mol. The van der Waals surface area contributed by atoms with E-state index in [2.05, 4.69) is 4.98 Å². The number of carbonyl (C=O) groups is 1. The Bertz CT molecular complexity index is 679. The minimum atomic E-state index is 0.0187. The summed E-state index contributed by atoms with van der Waals surface area (Å²) < 4.78 is 16.0. The molecule has 6 heteroatoms. The van der Waals surface area contributed by atoms with E-state index >= 15 is 0 Å². The second kappa shape index (κ2) is 8.92. The van der Waals surface area contributed by atoms with Crippen molar-refractivity contribution in [2.45, 2.75) is 12.8 Å². The third kappa shape index (κ3) is 4.86. The van der Waals surface area contributed by atoms with Crippen LogP contribution in [0.5, 0.6) is 17.2 Å². The smallest absolute Gasteiger partial charge is 0.226 e. The standard InChI is InChI=1S/C19H24N2O4/c1-21(10-8-15-7-5-6-9-20-15)18(22)13-14-11-16(23-2)19(25-4)17(12-14)24-3/h5-7,9,11-12H,8,10,13H2,1-4H3. The van der Waals surface area contributed by atoms with Gasteiger partial charge in [0.05, 0.1) is 27.8 Å². The summed E-state index contributed by atoms with van der Waals surface area (Å²) in [4.78, 5) is 18.5. The van der Waals surface area contributed by atoms with Gasteiger partial charge in [-0.3, -0.25) is 9.78 Å². The quantitative estimate of drug-likeness (QED) is 0.736. The fraction of sp³-hybridized carbons (Fsp3) is 0.368. The molecule has 25 heavy (non-hydrogen) atoms. The molecule has 2 rings (SSSR count). The normalized spacial score (nSPS) is 10.2. The van der Waals surface area contributed by atoms with Crippen LogP contribution < -0.4 is 14.2 Å². The van der Waals surface area contributed by atoms with Crippen molar-refractivity contribution >= 4 is 5.91 Å². The third-order valence-electron chi connectivity index (χ3n) is 3.94. The molecule has 134 valence electrons. The average Bonchev–Trinajstić information content (AvgIpc) is 2.65. The Morgan fingerprint density at radius 1 is 1.08 bits per heavy atom. The molecule has 0 aliphatic rings. The molecule has 0 aliphatic heterocycles. The molecule has 1 aromatic carbocycles. The number of carbonyl (C=O) groups excluding carboxylic acids is 1. The van der Waals surface area contributed by atoms with Crippen LogP contribution in [0.3, 0.4) is 0 Å². The largest absolute Gasteiger partial charge is 0.493 e. The molecule has 6 nitrogen and oxygen atoms in total. The maximum absolute atomic E-state index is 12.5. The summed E-state index contributed by atoms with van der Waals surface area (Å²) in [6.45, 7) is 0.611. The summed E-state index contributed by atoms with van der Waals surface area (Å²) in [7, 11) is 6.46. The summed E-state index contributed by atoms with van der Waals surface area (Å²) in [6, 6.07) is 9.37. The first-order valence-corrected chi connectivity index (χ1v) is 8.01. The van der Waals surface area contributed by atoms with Crippen molar-refractivity contribution in [3.63, 3.8) is 0 Å². The van der Waals surface area contributed by atoms with Crippen molar-refractivity contribution in [2.24, 2.45) is 0 Å².